The highest BCUT2D eigenvalue weighted by atomic mass is 32.2. The molecule has 3 N–H and O–H groups in total. The van der Waals surface area contributed by atoms with E-state index in [0.717, 1.165) is 11.8 Å². The average Bonchev–Trinajstić information content (AvgIpc) is 2.78. The molecule has 0 aromatic heterocycles. The number of hydrogen-bond donors (Lipinski definition) is 2. The van der Waals surface area contributed by atoms with E-state index in [2.05, 4.69) is 0 Å². The average molecular weight is 318 g/mol. The third-order valence-corrected chi connectivity index (χ3v) is 4.15. The Kier molecular flexibility index (Phi) is 6.01. The lowest BCUT2D eigenvalue weighted by atomic mass is 10.1. The molecule has 0 spiro atoms. The zero-order chi connectivity index (χ0) is 16.2. The van der Waals surface area contributed by atoms with Crippen molar-refractivity contribution in [1.29, 1.82) is 0 Å². The Bertz CT molecular complexity index is 455. The third-order valence-electron chi connectivity index (χ3n) is 3.07. The van der Waals surface area contributed by atoms with Crippen molar-refractivity contribution in [2.75, 3.05) is 12.3 Å². The van der Waals surface area contributed by atoms with Crippen molar-refractivity contribution in [3.63, 3.8) is 0 Å². The number of nitrogens with zero attached hydrogens (tertiary/aromatic N) is 1. The Morgan fingerprint density at radius 2 is 2.05 bits per heavy atom. The Morgan fingerprint density at radius 3 is 2.52 bits per heavy atom. The molecule has 3 atom stereocenters. The van der Waals surface area contributed by atoms with Gasteiger partial charge in [0.2, 0.25) is 5.91 Å². The van der Waals surface area contributed by atoms with Crippen LogP contribution in [0.4, 0.5) is 4.79 Å². The molecule has 1 aliphatic rings. The van der Waals surface area contributed by atoms with Crippen LogP contribution in [0.2, 0.25) is 0 Å². The maximum absolute atomic E-state index is 12.3. The van der Waals surface area contributed by atoms with Gasteiger partial charge in [0, 0.05) is 25.0 Å². The van der Waals surface area contributed by atoms with Crippen molar-refractivity contribution in [1.82, 2.24) is 4.90 Å². The summed E-state index contributed by atoms with van der Waals surface area (Å²) in [6.07, 6.45) is -1.71. The highest BCUT2D eigenvalue weighted by Crippen LogP contribution is 2.24. The minimum atomic E-state index is -1.16. The predicted octanol–water partition coefficient (Wildman–Crippen LogP) is 0.0516. The third kappa shape index (κ3) is 4.92. The first-order chi connectivity index (χ1) is 9.72. The van der Waals surface area contributed by atoms with Gasteiger partial charge in [0.25, 0.3) is 0 Å². The summed E-state index contributed by atoms with van der Waals surface area (Å²) < 4.78 is 4.77. The molecule has 1 fully saturated rings. The van der Waals surface area contributed by atoms with Crippen molar-refractivity contribution in [3.8, 4) is 0 Å². The first kappa shape index (κ1) is 17.3. The van der Waals surface area contributed by atoms with Gasteiger partial charge in [0.05, 0.1) is 6.54 Å². The Morgan fingerprint density at radius 1 is 1.43 bits per heavy atom. The summed E-state index contributed by atoms with van der Waals surface area (Å²) >= 11 is 1.01. The normalized spacial score (nSPS) is 22.7. The van der Waals surface area contributed by atoms with Crippen LogP contribution in [0.5, 0.6) is 0 Å². The van der Waals surface area contributed by atoms with Gasteiger partial charge in [-0.3, -0.25) is 9.59 Å². The lowest BCUT2D eigenvalue weighted by molar-refractivity contribution is -0.149. The van der Waals surface area contributed by atoms with Gasteiger partial charge in [-0.25, -0.2) is 9.59 Å². The van der Waals surface area contributed by atoms with E-state index in [4.69, 9.17) is 15.6 Å². The number of ether oxygens (including phenoxy) is 1. The molecule has 1 heterocycles. The standard InChI is InChI=1S/C12H18N2O6S/c1-6(5-21-7(2)15)10(16)14-4-8(20-12(13)19)3-9(14)11(17)18/h6,8-9H,3-5H2,1-2H3,(H2,13,19)(H,17,18)/t6?,8-,9+/m1/s1. The molecule has 0 aromatic rings. The van der Waals surface area contributed by atoms with Crippen LogP contribution in [0.3, 0.4) is 0 Å². The number of thioether (sulfide) groups is 1. The van der Waals surface area contributed by atoms with Gasteiger partial charge >= 0.3 is 12.1 Å². The van der Waals surface area contributed by atoms with E-state index in [9.17, 15) is 19.2 Å². The second-order valence-electron chi connectivity index (χ2n) is 4.84. The van der Waals surface area contributed by atoms with E-state index in [1.165, 1.54) is 11.8 Å². The summed E-state index contributed by atoms with van der Waals surface area (Å²) in [5.41, 5.74) is 4.90. The first-order valence-corrected chi connectivity index (χ1v) is 7.33. The number of aliphatic carboxylic acids is 1. The van der Waals surface area contributed by atoms with Gasteiger partial charge in [-0.05, 0) is 0 Å². The quantitative estimate of drug-likeness (QED) is 0.733. The van der Waals surface area contributed by atoms with Crippen LogP contribution in [0.25, 0.3) is 0 Å². The number of primary amides is 1. The van der Waals surface area contributed by atoms with E-state index < -0.39 is 30.1 Å². The summed E-state index contributed by atoms with van der Waals surface area (Å²) in [6, 6.07) is -1.05. The molecule has 1 saturated heterocycles. The number of carbonyl (C=O) groups excluding carboxylic acids is 3. The molecule has 0 aliphatic carbocycles. The molecule has 2 amide bonds. The SMILES string of the molecule is CC(=O)SCC(C)C(=O)N1C[C@H](OC(N)=O)C[C@H]1C(=O)O. The summed E-state index contributed by atoms with van der Waals surface area (Å²) in [5, 5.41) is 9.05. The fraction of sp³-hybridized carbons (Fsp3) is 0.667. The minimum Gasteiger partial charge on any atom is -0.480 e. The predicted molar refractivity (Wildman–Crippen MR) is 74.5 cm³/mol. The van der Waals surface area contributed by atoms with Crippen LogP contribution in [-0.4, -0.2) is 57.5 Å². The number of likely N-dealkylation sites (tertiary alicyclic amines) is 1. The molecule has 118 valence electrons. The fourth-order valence-corrected chi connectivity index (χ4v) is 2.75. The molecule has 9 heteroatoms. The van der Waals surface area contributed by atoms with Crippen molar-refractivity contribution in [2.24, 2.45) is 11.7 Å². The Labute approximate surface area is 126 Å². The zero-order valence-electron chi connectivity index (χ0n) is 11.8. The molecule has 21 heavy (non-hydrogen) atoms. The van der Waals surface area contributed by atoms with Crippen LogP contribution < -0.4 is 5.73 Å². The number of carboxylic acid groups (broad SMARTS) is 1. The smallest absolute Gasteiger partial charge is 0.404 e. The molecule has 0 radical (unpaired) electrons. The topological polar surface area (TPSA) is 127 Å². The first-order valence-electron chi connectivity index (χ1n) is 6.35. The summed E-state index contributed by atoms with van der Waals surface area (Å²) in [5.74, 6) is -1.77. The number of amides is 2. The monoisotopic (exact) mass is 318 g/mol. The molecule has 0 bridgehead atoms. The van der Waals surface area contributed by atoms with Gasteiger partial charge in [0.15, 0.2) is 5.12 Å². The fourth-order valence-electron chi connectivity index (χ4n) is 2.12. The zero-order valence-corrected chi connectivity index (χ0v) is 12.6. The van der Waals surface area contributed by atoms with Crippen LogP contribution in [0, 0.1) is 5.92 Å². The molecule has 8 nitrogen and oxygen atoms in total. The number of carboxylic acids is 1. The second kappa shape index (κ2) is 7.30. The van der Waals surface area contributed by atoms with Crippen LogP contribution in [0.1, 0.15) is 20.3 Å². The molecule has 1 unspecified atom stereocenters. The summed E-state index contributed by atoms with van der Waals surface area (Å²) in [4.78, 5) is 46.3. The lowest BCUT2D eigenvalue weighted by Gasteiger charge is -2.24. The summed E-state index contributed by atoms with van der Waals surface area (Å²) in [6.45, 7) is 3.02. The number of rotatable bonds is 5. The maximum Gasteiger partial charge on any atom is 0.404 e. The highest BCUT2D eigenvalue weighted by Gasteiger charge is 2.42. The molecule has 0 saturated carbocycles. The maximum atomic E-state index is 12.3. The van der Waals surface area contributed by atoms with E-state index in [1.807, 2.05) is 0 Å². The van der Waals surface area contributed by atoms with Crippen LogP contribution >= 0.6 is 11.8 Å². The van der Waals surface area contributed by atoms with E-state index in [-0.39, 0.29) is 29.7 Å². The van der Waals surface area contributed by atoms with Crippen molar-refractivity contribution in [3.05, 3.63) is 0 Å². The van der Waals surface area contributed by atoms with E-state index in [0.29, 0.717) is 0 Å². The van der Waals surface area contributed by atoms with Crippen molar-refractivity contribution < 1.29 is 29.0 Å². The Balaban J connectivity index is 2.72. The summed E-state index contributed by atoms with van der Waals surface area (Å²) in [7, 11) is 0. The highest BCUT2D eigenvalue weighted by molar-refractivity contribution is 8.13. The lowest BCUT2D eigenvalue weighted by Crippen LogP contribution is -2.43. The minimum absolute atomic E-state index is 0.00613. The number of hydrogen-bond acceptors (Lipinski definition) is 6. The van der Waals surface area contributed by atoms with Crippen molar-refractivity contribution >= 4 is 34.8 Å². The van der Waals surface area contributed by atoms with Gasteiger partial charge in [-0.15, -0.1) is 0 Å². The van der Waals surface area contributed by atoms with Gasteiger partial charge in [0.1, 0.15) is 12.1 Å². The van der Waals surface area contributed by atoms with Crippen LogP contribution in [0.15, 0.2) is 0 Å². The van der Waals surface area contributed by atoms with Crippen molar-refractivity contribution in [2.45, 2.75) is 32.4 Å². The molecule has 1 aliphatic heterocycles. The van der Waals surface area contributed by atoms with Crippen LogP contribution in [-0.2, 0) is 19.1 Å². The number of nitrogens with two attached hydrogens (primary N) is 1. The largest absolute Gasteiger partial charge is 0.480 e. The van der Waals surface area contributed by atoms with Gasteiger partial charge in [-0.2, -0.15) is 0 Å². The second-order valence-corrected chi connectivity index (χ2v) is 6.04. The van der Waals surface area contributed by atoms with E-state index in [1.54, 1.807) is 6.92 Å². The molecule has 1 rings (SSSR count). The number of carbonyl (C=O) groups is 4. The molecule has 0 aromatic carbocycles. The van der Waals surface area contributed by atoms with Gasteiger partial charge in [-0.1, -0.05) is 18.7 Å². The van der Waals surface area contributed by atoms with Gasteiger partial charge < -0.3 is 20.5 Å². The molecular weight excluding hydrogens is 300 g/mol. The van der Waals surface area contributed by atoms with E-state index >= 15 is 0 Å². The molecular formula is C12H18N2O6S. The Hall–Kier alpha value is -1.77.